The molecule has 0 spiro atoms. The average Bonchev–Trinajstić information content (AvgIpc) is 2.85. The molecule has 2 heterocycles. The Morgan fingerprint density at radius 2 is 1.58 bits per heavy atom. The SMILES string of the molecule is CC(C)(C)OC(=O)N1CCN(c2cc(CCO)nc(-c3ccc(Oc4ccc(F)cc4)cc3)c2)CC1. The summed E-state index contributed by atoms with van der Waals surface area (Å²) in [7, 11) is 0. The third-order valence-corrected chi connectivity index (χ3v) is 5.73. The summed E-state index contributed by atoms with van der Waals surface area (Å²) in [5.41, 5.74) is 2.98. The van der Waals surface area contributed by atoms with E-state index in [0.29, 0.717) is 44.1 Å². The van der Waals surface area contributed by atoms with Gasteiger partial charge in [-0.15, -0.1) is 0 Å². The molecule has 8 heteroatoms. The van der Waals surface area contributed by atoms with Crippen LogP contribution < -0.4 is 9.64 Å². The smallest absolute Gasteiger partial charge is 0.410 e. The Balaban J connectivity index is 1.48. The molecule has 1 N–H and O–H groups in total. The first-order valence-corrected chi connectivity index (χ1v) is 12.1. The summed E-state index contributed by atoms with van der Waals surface area (Å²) in [5.74, 6) is 0.879. The van der Waals surface area contributed by atoms with Crippen LogP contribution in [0.2, 0.25) is 0 Å². The molecule has 1 aliphatic rings. The summed E-state index contributed by atoms with van der Waals surface area (Å²) in [4.78, 5) is 21.1. The van der Waals surface area contributed by atoms with Gasteiger partial charge < -0.3 is 24.4 Å². The van der Waals surface area contributed by atoms with Crippen LogP contribution >= 0.6 is 0 Å². The number of aliphatic hydroxyl groups is 1. The number of ether oxygens (including phenoxy) is 2. The molecule has 0 unspecified atom stereocenters. The van der Waals surface area contributed by atoms with E-state index >= 15 is 0 Å². The van der Waals surface area contributed by atoms with Gasteiger partial charge in [-0.1, -0.05) is 0 Å². The van der Waals surface area contributed by atoms with Crippen LogP contribution in [0.15, 0.2) is 60.7 Å². The molecule has 1 aromatic heterocycles. The van der Waals surface area contributed by atoms with Gasteiger partial charge in [-0.25, -0.2) is 9.18 Å². The number of aliphatic hydroxyl groups excluding tert-OH is 1. The molecule has 1 saturated heterocycles. The van der Waals surface area contributed by atoms with Crippen molar-refractivity contribution in [2.45, 2.75) is 32.8 Å². The van der Waals surface area contributed by atoms with Gasteiger partial charge in [0.25, 0.3) is 0 Å². The summed E-state index contributed by atoms with van der Waals surface area (Å²) in [6.07, 6.45) is 0.159. The number of piperazine rings is 1. The van der Waals surface area contributed by atoms with Crippen molar-refractivity contribution in [2.75, 3.05) is 37.7 Å². The maximum atomic E-state index is 13.1. The number of hydrogen-bond donors (Lipinski definition) is 1. The number of halogens is 1. The van der Waals surface area contributed by atoms with Crippen LogP contribution in [0, 0.1) is 5.82 Å². The van der Waals surface area contributed by atoms with Crippen molar-refractivity contribution < 1.29 is 23.8 Å². The molecule has 0 atom stereocenters. The first-order valence-electron chi connectivity index (χ1n) is 12.1. The lowest BCUT2D eigenvalue weighted by molar-refractivity contribution is 0.0240. The molecule has 1 amide bonds. The van der Waals surface area contributed by atoms with Crippen LogP contribution in [0.5, 0.6) is 11.5 Å². The van der Waals surface area contributed by atoms with Crippen LogP contribution in [-0.4, -0.2) is 59.5 Å². The molecule has 7 nitrogen and oxygen atoms in total. The Hall–Kier alpha value is -3.65. The van der Waals surface area contributed by atoms with E-state index in [0.717, 1.165) is 22.6 Å². The second-order valence-corrected chi connectivity index (χ2v) is 9.71. The maximum absolute atomic E-state index is 13.1. The van der Waals surface area contributed by atoms with Crippen molar-refractivity contribution in [1.82, 2.24) is 9.88 Å². The van der Waals surface area contributed by atoms with E-state index in [1.54, 1.807) is 17.0 Å². The van der Waals surface area contributed by atoms with Crippen molar-refractivity contribution in [1.29, 1.82) is 0 Å². The lowest BCUT2D eigenvalue weighted by Crippen LogP contribution is -2.50. The molecule has 2 aromatic carbocycles. The van der Waals surface area contributed by atoms with Gasteiger partial charge in [-0.2, -0.15) is 0 Å². The van der Waals surface area contributed by atoms with Crippen molar-refractivity contribution in [2.24, 2.45) is 0 Å². The minimum atomic E-state index is -0.521. The van der Waals surface area contributed by atoms with Gasteiger partial charge in [0.2, 0.25) is 0 Å². The first kappa shape index (κ1) is 25.4. The molecule has 190 valence electrons. The molecule has 0 saturated carbocycles. The summed E-state index contributed by atoms with van der Waals surface area (Å²) in [6, 6.07) is 17.4. The lowest BCUT2D eigenvalue weighted by atomic mass is 10.1. The van der Waals surface area contributed by atoms with E-state index in [4.69, 9.17) is 14.5 Å². The number of rotatable bonds is 6. The van der Waals surface area contributed by atoms with Crippen LogP contribution in [0.25, 0.3) is 11.3 Å². The van der Waals surface area contributed by atoms with E-state index in [2.05, 4.69) is 4.90 Å². The molecule has 36 heavy (non-hydrogen) atoms. The van der Waals surface area contributed by atoms with E-state index < -0.39 is 5.60 Å². The standard InChI is InChI=1S/C28H32FN3O4/c1-28(2,3)36-27(34)32-15-13-31(14-16-32)23-18-22(12-17-33)30-26(19-23)20-4-8-24(9-5-20)35-25-10-6-21(29)7-11-25/h4-11,18-19,33H,12-17H2,1-3H3. The predicted molar refractivity (Wildman–Crippen MR) is 137 cm³/mol. The van der Waals surface area contributed by atoms with Crippen molar-refractivity contribution in [3.8, 4) is 22.8 Å². The second kappa shape index (κ2) is 11.0. The van der Waals surface area contributed by atoms with Crippen molar-refractivity contribution in [3.63, 3.8) is 0 Å². The van der Waals surface area contributed by atoms with E-state index in [1.807, 2.05) is 57.2 Å². The van der Waals surface area contributed by atoms with Crippen molar-refractivity contribution in [3.05, 3.63) is 72.2 Å². The maximum Gasteiger partial charge on any atom is 0.410 e. The fourth-order valence-electron chi connectivity index (χ4n) is 3.95. The van der Waals surface area contributed by atoms with Gasteiger partial charge in [0.15, 0.2) is 0 Å². The van der Waals surface area contributed by atoms with Gasteiger partial charge in [-0.3, -0.25) is 4.98 Å². The van der Waals surface area contributed by atoms with Gasteiger partial charge in [0.05, 0.1) is 5.69 Å². The Morgan fingerprint density at radius 1 is 0.972 bits per heavy atom. The molecule has 0 aliphatic carbocycles. The number of benzene rings is 2. The number of amides is 1. The van der Waals surface area contributed by atoms with Gasteiger partial charge >= 0.3 is 6.09 Å². The van der Waals surface area contributed by atoms with Gasteiger partial charge in [-0.05, 0) is 81.4 Å². The molecular formula is C28H32FN3O4. The lowest BCUT2D eigenvalue weighted by Gasteiger charge is -2.37. The topological polar surface area (TPSA) is 75.1 Å². The Morgan fingerprint density at radius 3 is 2.17 bits per heavy atom. The van der Waals surface area contributed by atoms with E-state index in [-0.39, 0.29) is 18.5 Å². The van der Waals surface area contributed by atoms with E-state index in [9.17, 15) is 14.3 Å². The molecule has 0 radical (unpaired) electrons. The average molecular weight is 494 g/mol. The fraction of sp³-hybridized carbons (Fsp3) is 0.357. The number of pyridine rings is 1. The largest absolute Gasteiger partial charge is 0.457 e. The highest BCUT2D eigenvalue weighted by molar-refractivity contribution is 5.69. The van der Waals surface area contributed by atoms with Gasteiger partial charge in [0, 0.05) is 56.2 Å². The molecule has 0 bridgehead atoms. The predicted octanol–water partition coefficient (Wildman–Crippen LogP) is 5.27. The molecule has 1 aliphatic heterocycles. The minimum absolute atomic E-state index is 0.00671. The second-order valence-electron chi connectivity index (χ2n) is 9.71. The zero-order valence-corrected chi connectivity index (χ0v) is 20.9. The first-order chi connectivity index (χ1) is 17.2. The van der Waals surface area contributed by atoms with Crippen LogP contribution in [0.1, 0.15) is 26.5 Å². The summed E-state index contributed by atoms with van der Waals surface area (Å²) < 4.78 is 24.4. The Bertz CT molecular complexity index is 1170. The summed E-state index contributed by atoms with van der Waals surface area (Å²) >= 11 is 0. The van der Waals surface area contributed by atoms with Crippen molar-refractivity contribution >= 4 is 11.8 Å². The Labute approximate surface area is 211 Å². The number of hydrogen-bond acceptors (Lipinski definition) is 6. The number of carbonyl (C=O) groups excluding carboxylic acids is 1. The zero-order chi connectivity index (χ0) is 25.7. The third-order valence-electron chi connectivity index (χ3n) is 5.73. The van der Waals surface area contributed by atoms with E-state index in [1.165, 1.54) is 12.1 Å². The third kappa shape index (κ3) is 6.73. The number of carbonyl (C=O) groups is 1. The van der Waals surface area contributed by atoms with Crippen LogP contribution in [-0.2, 0) is 11.2 Å². The van der Waals surface area contributed by atoms with Crippen LogP contribution in [0.4, 0.5) is 14.9 Å². The summed E-state index contributed by atoms with van der Waals surface area (Å²) in [5, 5.41) is 9.51. The molecule has 4 rings (SSSR count). The highest BCUT2D eigenvalue weighted by Crippen LogP contribution is 2.29. The highest BCUT2D eigenvalue weighted by Gasteiger charge is 2.26. The quantitative estimate of drug-likeness (QED) is 0.504. The Kier molecular flexibility index (Phi) is 7.74. The van der Waals surface area contributed by atoms with Gasteiger partial charge in [0.1, 0.15) is 22.9 Å². The molecule has 1 fully saturated rings. The highest BCUT2D eigenvalue weighted by atomic mass is 19.1. The summed E-state index contributed by atoms with van der Waals surface area (Å²) in [6.45, 7) is 8.08. The minimum Gasteiger partial charge on any atom is -0.457 e. The number of anilines is 1. The molecule has 3 aromatic rings. The number of nitrogens with zero attached hydrogens (tertiary/aromatic N) is 3. The zero-order valence-electron chi connectivity index (χ0n) is 20.9. The van der Waals surface area contributed by atoms with Crippen LogP contribution in [0.3, 0.4) is 0 Å². The number of aromatic nitrogens is 1. The fourth-order valence-corrected chi connectivity index (χ4v) is 3.95. The molecular weight excluding hydrogens is 461 g/mol. The monoisotopic (exact) mass is 493 g/mol. The normalized spacial score (nSPS) is 14.0.